The number of hydrogen-bond donors (Lipinski definition) is 1. The Hall–Kier alpha value is -1.02. The maximum atomic E-state index is 5.96. The third kappa shape index (κ3) is 5.22. The summed E-state index contributed by atoms with van der Waals surface area (Å²) in [6, 6.07) is 8.29. The monoisotopic (exact) mass is 235 g/mol. The molecule has 0 unspecified atom stereocenters. The molecule has 2 heteroatoms. The van der Waals surface area contributed by atoms with Crippen LogP contribution < -0.4 is 10.5 Å². The Morgan fingerprint density at radius 1 is 1.18 bits per heavy atom. The quantitative estimate of drug-likeness (QED) is 0.727. The molecule has 0 bridgehead atoms. The molecule has 0 fully saturated rings. The van der Waals surface area contributed by atoms with Crippen molar-refractivity contribution in [3.63, 3.8) is 0 Å². The van der Waals surface area contributed by atoms with Crippen LogP contribution in [-0.4, -0.2) is 6.61 Å². The Morgan fingerprint density at radius 3 is 2.35 bits per heavy atom. The predicted octanol–water partition coefficient (Wildman–Crippen LogP) is 3.91. The fraction of sp³-hybridized carbons (Fsp3) is 0.600. The molecule has 0 aliphatic rings. The lowest BCUT2D eigenvalue weighted by molar-refractivity contribution is 0.297. The smallest absolute Gasteiger partial charge is 0.119 e. The minimum Gasteiger partial charge on any atom is -0.494 e. The van der Waals surface area contributed by atoms with Gasteiger partial charge in [-0.15, -0.1) is 0 Å². The van der Waals surface area contributed by atoms with Crippen molar-refractivity contribution in [2.24, 2.45) is 11.7 Å². The van der Waals surface area contributed by atoms with Crippen molar-refractivity contribution in [2.45, 2.75) is 46.1 Å². The highest BCUT2D eigenvalue weighted by atomic mass is 16.5. The van der Waals surface area contributed by atoms with Crippen molar-refractivity contribution in [1.82, 2.24) is 0 Å². The molecule has 0 heterocycles. The lowest BCUT2D eigenvalue weighted by Crippen LogP contribution is -2.08. The van der Waals surface area contributed by atoms with Crippen LogP contribution in [0.1, 0.15) is 51.6 Å². The van der Waals surface area contributed by atoms with Gasteiger partial charge in [0.15, 0.2) is 0 Å². The maximum Gasteiger partial charge on any atom is 0.119 e. The molecule has 2 N–H and O–H groups in total. The van der Waals surface area contributed by atoms with Gasteiger partial charge in [-0.05, 0) is 42.9 Å². The van der Waals surface area contributed by atoms with E-state index in [0.717, 1.165) is 31.1 Å². The minimum atomic E-state index is 0.144. The Labute approximate surface area is 105 Å². The zero-order chi connectivity index (χ0) is 12.7. The van der Waals surface area contributed by atoms with Crippen LogP contribution in [0.4, 0.5) is 0 Å². The van der Waals surface area contributed by atoms with Crippen LogP contribution in [0, 0.1) is 5.92 Å². The molecule has 1 atom stereocenters. The molecular weight excluding hydrogens is 210 g/mol. The van der Waals surface area contributed by atoms with Crippen LogP contribution in [-0.2, 0) is 0 Å². The van der Waals surface area contributed by atoms with Crippen LogP contribution >= 0.6 is 0 Å². The Morgan fingerprint density at radius 2 is 1.82 bits per heavy atom. The van der Waals surface area contributed by atoms with Crippen molar-refractivity contribution >= 4 is 0 Å². The number of benzene rings is 1. The lowest BCUT2D eigenvalue weighted by atomic mass is 10.1. The van der Waals surface area contributed by atoms with E-state index in [-0.39, 0.29) is 6.04 Å². The number of hydrogen-bond acceptors (Lipinski definition) is 2. The topological polar surface area (TPSA) is 35.2 Å². The summed E-state index contributed by atoms with van der Waals surface area (Å²) >= 11 is 0. The first-order chi connectivity index (χ1) is 8.13. The highest BCUT2D eigenvalue weighted by Gasteiger charge is 2.03. The van der Waals surface area contributed by atoms with Crippen LogP contribution in [0.15, 0.2) is 24.3 Å². The van der Waals surface area contributed by atoms with Gasteiger partial charge in [0.1, 0.15) is 5.75 Å². The summed E-state index contributed by atoms with van der Waals surface area (Å²) in [6.07, 6.45) is 3.31. The van der Waals surface area contributed by atoms with Gasteiger partial charge in [0.2, 0.25) is 0 Å². The van der Waals surface area contributed by atoms with Crippen molar-refractivity contribution in [2.75, 3.05) is 6.61 Å². The van der Waals surface area contributed by atoms with Gasteiger partial charge >= 0.3 is 0 Å². The second-order valence-corrected chi connectivity index (χ2v) is 4.97. The van der Waals surface area contributed by atoms with Gasteiger partial charge in [0.05, 0.1) is 6.61 Å². The Balaban J connectivity index is 2.35. The van der Waals surface area contributed by atoms with E-state index in [9.17, 15) is 0 Å². The molecule has 17 heavy (non-hydrogen) atoms. The fourth-order valence-corrected chi connectivity index (χ4v) is 1.73. The molecule has 1 aromatic rings. The van der Waals surface area contributed by atoms with Gasteiger partial charge in [-0.3, -0.25) is 0 Å². The van der Waals surface area contributed by atoms with E-state index in [1.807, 2.05) is 12.1 Å². The molecule has 1 rings (SSSR count). The molecule has 1 aromatic carbocycles. The van der Waals surface area contributed by atoms with Gasteiger partial charge < -0.3 is 10.5 Å². The maximum absolute atomic E-state index is 5.96. The second-order valence-electron chi connectivity index (χ2n) is 4.97. The highest BCUT2D eigenvalue weighted by Crippen LogP contribution is 2.18. The lowest BCUT2D eigenvalue weighted by Gasteiger charge is -2.11. The van der Waals surface area contributed by atoms with E-state index in [1.165, 1.54) is 12.0 Å². The number of rotatable bonds is 7. The number of nitrogens with two attached hydrogens (primary N) is 1. The summed E-state index contributed by atoms with van der Waals surface area (Å²) < 4.78 is 5.68. The van der Waals surface area contributed by atoms with Crippen molar-refractivity contribution in [1.29, 1.82) is 0 Å². The summed E-state index contributed by atoms with van der Waals surface area (Å²) in [5.41, 5.74) is 7.14. The van der Waals surface area contributed by atoms with Gasteiger partial charge in [-0.25, -0.2) is 0 Å². The molecule has 0 aromatic heterocycles. The molecule has 0 amide bonds. The normalized spacial score (nSPS) is 12.8. The van der Waals surface area contributed by atoms with Crippen molar-refractivity contribution in [3.05, 3.63) is 29.8 Å². The van der Waals surface area contributed by atoms with Crippen LogP contribution in [0.2, 0.25) is 0 Å². The molecule has 0 radical (unpaired) electrons. The van der Waals surface area contributed by atoms with E-state index in [0.29, 0.717) is 0 Å². The van der Waals surface area contributed by atoms with E-state index in [1.54, 1.807) is 0 Å². The van der Waals surface area contributed by atoms with Crippen LogP contribution in [0.3, 0.4) is 0 Å². The van der Waals surface area contributed by atoms with Gasteiger partial charge in [0.25, 0.3) is 0 Å². The second kappa shape index (κ2) is 7.33. The highest BCUT2D eigenvalue weighted by molar-refractivity contribution is 5.28. The van der Waals surface area contributed by atoms with E-state index in [4.69, 9.17) is 10.5 Å². The summed E-state index contributed by atoms with van der Waals surface area (Å²) in [7, 11) is 0. The van der Waals surface area contributed by atoms with Crippen LogP contribution in [0.5, 0.6) is 5.75 Å². The molecule has 0 saturated heterocycles. The van der Waals surface area contributed by atoms with E-state index >= 15 is 0 Å². The summed E-state index contributed by atoms with van der Waals surface area (Å²) in [6.45, 7) is 7.38. The largest absolute Gasteiger partial charge is 0.494 e. The predicted molar refractivity (Wildman–Crippen MR) is 73.2 cm³/mol. The fourth-order valence-electron chi connectivity index (χ4n) is 1.73. The first kappa shape index (κ1) is 14.0. The minimum absolute atomic E-state index is 0.144. The molecular formula is C15H25NO. The van der Waals surface area contributed by atoms with E-state index in [2.05, 4.69) is 32.9 Å². The van der Waals surface area contributed by atoms with Gasteiger partial charge in [-0.2, -0.15) is 0 Å². The first-order valence-electron chi connectivity index (χ1n) is 6.61. The Kier molecular flexibility index (Phi) is 6.06. The molecule has 0 aliphatic heterocycles. The summed E-state index contributed by atoms with van der Waals surface area (Å²) in [5, 5.41) is 0. The third-order valence-corrected chi connectivity index (χ3v) is 2.94. The van der Waals surface area contributed by atoms with Gasteiger partial charge in [0, 0.05) is 6.04 Å². The SMILES string of the molecule is CC[C@@H](N)c1ccc(OCCCC(C)C)cc1. The molecule has 2 nitrogen and oxygen atoms in total. The molecule has 0 spiro atoms. The van der Waals surface area contributed by atoms with Gasteiger partial charge in [-0.1, -0.05) is 32.9 Å². The molecule has 96 valence electrons. The summed E-state index contributed by atoms with van der Waals surface area (Å²) in [4.78, 5) is 0. The Bertz CT molecular complexity index is 305. The summed E-state index contributed by atoms with van der Waals surface area (Å²) in [5.74, 6) is 1.70. The molecule has 0 saturated carbocycles. The van der Waals surface area contributed by atoms with Crippen molar-refractivity contribution in [3.8, 4) is 5.75 Å². The van der Waals surface area contributed by atoms with E-state index < -0.39 is 0 Å². The zero-order valence-electron chi connectivity index (χ0n) is 11.3. The molecule has 0 aliphatic carbocycles. The third-order valence-electron chi connectivity index (χ3n) is 2.94. The number of ether oxygens (including phenoxy) is 1. The van der Waals surface area contributed by atoms with Crippen LogP contribution in [0.25, 0.3) is 0 Å². The average Bonchev–Trinajstić information content (AvgIpc) is 2.34. The first-order valence-corrected chi connectivity index (χ1v) is 6.61. The standard InChI is InChI=1S/C15H25NO/c1-4-15(16)13-7-9-14(10-8-13)17-11-5-6-12(2)3/h7-10,12,15H,4-6,11,16H2,1-3H3/t15-/m1/s1. The zero-order valence-corrected chi connectivity index (χ0v) is 11.3. The average molecular weight is 235 g/mol. The van der Waals surface area contributed by atoms with Crippen molar-refractivity contribution < 1.29 is 4.74 Å².